The monoisotopic (exact) mass is 207 g/mol. The minimum atomic E-state index is 0.152. The average Bonchev–Trinajstić information content (AvgIpc) is 2.17. The normalized spacial score (nSPS) is 9.73. The molecular formula is C11H17N3O. The molecule has 82 valence electrons. The highest BCUT2D eigenvalue weighted by atomic mass is 16.5. The van der Waals surface area contributed by atoms with E-state index in [4.69, 9.17) is 15.9 Å². The molecule has 0 unspecified atom stereocenters. The molecule has 0 spiro atoms. The van der Waals surface area contributed by atoms with Gasteiger partial charge < -0.3 is 15.4 Å². The fraction of sp³-hybridized carbons (Fsp3) is 0.364. The van der Waals surface area contributed by atoms with Gasteiger partial charge >= 0.3 is 0 Å². The van der Waals surface area contributed by atoms with Gasteiger partial charge in [0.1, 0.15) is 5.75 Å². The van der Waals surface area contributed by atoms with Crippen LogP contribution in [-0.2, 0) is 0 Å². The van der Waals surface area contributed by atoms with Gasteiger partial charge in [0.05, 0.1) is 12.4 Å². The summed E-state index contributed by atoms with van der Waals surface area (Å²) in [6.07, 6.45) is 0.464. The number of benzene rings is 1. The smallest absolute Gasteiger partial charge is 0.121 e. The number of nitrogens with one attached hydrogen (secondary N) is 1. The first-order valence-electron chi connectivity index (χ1n) is 4.82. The third-order valence-electron chi connectivity index (χ3n) is 1.97. The van der Waals surface area contributed by atoms with Gasteiger partial charge in [-0.2, -0.15) is 0 Å². The summed E-state index contributed by atoms with van der Waals surface area (Å²) in [6.45, 7) is 0.451. The van der Waals surface area contributed by atoms with Crippen LogP contribution in [0.4, 0.5) is 5.69 Å². The molecule has 0 radical (unpaired) electrons. The Hall–Kier alpha value is -1.71. The van der Waals surface area contributed by atoms with Crippen LogP contribution in [0.25, 0.3) is 0 Å². The Labute approximate surface area is 90.2 Å². The topological polar surface area (TPSA) is 62.3 Å². The van der Waals surface area contributed by atoms with E-state index in [0.717, 1.165) is 11.4 Å². The first-order valence-corrected chi connectivity index (χ1v) is 4.82. The number of rotatable bonds is 5. The van der Waals surface area contributed by atoms with Crippen LogP contribution in [0.15, 0.2) is 24.3 Å². The Balaban J connectivity index is 2.54. The highest BCUT2D eigenvalue weighted by Crippen LogP contribution is 2.19. The predicted molar refractivity (Wildman–Crippen MR) is 62.8 cm³/mol. The van der Waals surface area contributed by atoms with Crippen molar-refractivity contribution in [2.75, 3.05) is 25.6 Å². The van der Waals surface area contributed by atoms with Crippen molar-refractivity contribution in [3.8, 4) is 5.75 Å². The minimum absolute atomic E-state index is 0.152. The van der Waals surface area contributed by atoms with E-state index in [1.165, 1.54) is 0 Å². The van der Waals surface area contributed by atoms with Gasteiger partial charge in [-0.3, -0.25) is 5.41 Å². The highest BCUT2D eigenvalue weighted by Gasteiger charge is 1.98. The van der Waals surface area contributed by atoms with Crippen LogP contribution < -0.4 is 15.4 Å². The molecule has 4 nitrogen and oxygen atoms in total. The maximum atomic E-state index is 7.06. The lowest BCUT2D eigenvalue weighted by atomic mass is 10.3. The third kappa shape index (κ3) is 3.89. The zero-order valence-corrected chi connectivity index (χ0v) is 9.16. The van der Waals surface area contributed by atoms with Crippen LogP contribution in [0.2, 0.25) is 0 Å². The lowest BCUT2D eigenvalue weighted by Crippen LogP contribution is -2.14. The molecule has 0 bridgehead atoms. The molecule has 0 aliphatic carbocycles. The fourth-order valence-corrected chi connectivity index (χ4v) is 1.13. The Kier molecular flexibility index (Phi) is 3.97. The molecule has 0 saturated heterocycles. The molecule has 0 amide bonds. The maximum Gasteiger partial charge on any atom is 0.121 e. The van der Waals surface area contributed by atoms with Crippen LogP contribution in [-0.4, -0.2) is 26.5 Å². The summed E-state index contributed by atoms with van der Waals surface area (Å²) in [4.78, 5) is 2.01. The van der Waals surface area contributed by atoms with Crippen molar-refractivity contribution >= 4 is 11.5 Å². The molecule has 0 aliphatic rings. The van der Waals surface area contributed by atoms with Gasteiger partial charge in [0.2, 0.25) is 0 Å². The second-order valence-corrected chi connectivity index (χ2v) is 3.52. The Bertz CT molecular complexity index is 336. The summed E-state index contributed by atoms with van der Waals surface area (Å²) in [6, 6.07) is 7.81. The number of amidine groups is 1. The molecule has 15 heavy (non-hydrogen) atoms. The Morgan fingerprint density at radius 1 is 1.47 bits per heavy atom. The number of nitrogens with two attached hydrogens (primary N) is 1. The van der Waals surface area contributed by atoms with Gasteiger partial charge in [0, 0.05) is 32.3 Å². The summed E-state index contributed by atoms with van der Waals surface area (Å²) in [7, 11) is 3.96. The molecule has 1 rings (SSSR count). The molecule has 4 heteroatoms. The predicted octanol–water partition coefficient (Wildman–Crippen LogP) is 1.46. The molecule has 0 fully saturated rings. The van der Waals surface area contributed by atoms with Gasteiger partial charge in [-0.1, -0.05) is 6.07 Å². The van der Waals surface area contributed by atoms with Crippen LogP contribution in [0.1, 0.15) is 6.42 Å². The number of ether oxygens (including phenoxy) is 1. The summed E-state index contributed by atoms with van der Waals surface area (Å²) in [5.41, 5.74) is 6.32. The van der Waals surface area contributed by atoms with Crippen molar-refractivity contribution in [3.63, 3.8) is 0 Å². The molecule has 0 saturated carbocycles. The molecule has 0 heterocycles. The van der Waals surface area contributed by atoms with E-state index in [1.807, 2.05) is 43.3 Å². The first-order chi connectivity index (χ1) is 7.09. The number of hydrogen-bond acceptors (Lipinski definition) is 3. The van der Waals surface area contributed by atoms with Crippen molar-refractivity contribution in [2.24, 2.45) is 5.73 Å². The Morgan fingerprint density at radius 3 is 2.80 bits per heavy atom. The zero-order chi connectivity index (χ0) is 11.3. The standard InChI is InChI=1S/C11H17N3O/c1-14(2)9-4-3-5-10(8-9)15-7-6-11(12)13/h3-5,8H,6-7H2,1-2H3,(H3,12,13). The van der Waals surface area contributed by atoms with Gasteiger partial charge in [-0.25, -0.2) is 0 Å². The maximum absolute atomic E-state index is 7.06. The van der Waals surface area contributed by atoms with Crippen LogP contribution >= 0.6 is 0 Å². The van der Waals surface area contributed by atoms with Gasteiger partial charge in [0.15, 0.2) is 0 Å². The quantitative estimate of drug-likeness (QED) is 0.567. The van der Waals surface area contributed by atoms with Gasteiger partial charge in [-0.05, 0) is 12.1 Å². The summed E-state index contributed by atoms with van der Waals surface area (Å²) in [5, 5.41) is 7.06. The molecule has 3 N–H and O–H groups in total. The largest absolute Gasteiger partial charge is 0.493 e. The van der Waals surface area contributed by atoms with Crippen LogP contribution in [0.5, 0.6) is 5.75 Å². The van der Waals surface area contributed by atoms with Crippen molar-refractivity contribution in [3.05, 3.63) is 24.3 Å². The molecular weight excluding hydrogens is 190 g/mol. The van der Waals surface area contributed by atoms with Gasteiger partial charge in [0.25, 0.3) is 0 Å². The second kappa shape index (κ2) is 5.24. The molecule has 1 aromatic rings. The SMILES string of the molecule is CN(C)c1cccc(OCCC(=N)N)c1. The second-order valence-electron chi connectivity index (χ2n) is 3.52. The van der Waals surface area contributed by atoms with E-state index in [1.54, 1.807) is 0 Å². The lowest BCUT2D eigenvalue weighted by Gasteiger charge is -2.13. The fourth-order valence-electron chi connectivity index (χ4n) is 1.13. The van der Waals surface area contributed by atoms with Crippen molar-refractivity contribution in [1.82, 2.24) is 0 Å². The summed E-state index contributed by atoms with van der Waals surface area (Å²) in [5.74, 6) is 0.959. The van der Waals surface area contributed by atoms with Crippen molar-refractivity contribution in [1.29, 1.82) is 5.41 Å². The zero-order valence-electron chi connectivity index (χ0n) is 9.16. The van der Waals surface area contributed by atoms with Gasteiger partial charge in [-0.15, -0.1) is 0 Å². The number of hydrogen-bond donors (Lipinski definition) is 2. The number of anilines is 1. The molecule has 0 atom stereocenters. The van der Waals surface area contributed by atoms with E-state index in [-0.39, 0.29) is 5.84 Å². The molecule has 0 aromatic heterocycles. The van der Waals surface area contributed by atoms with E-state index < -0.39 is 0 Å². The van der Waals surface area contributed by atoms with Crippen molar-refractivity contribution < 1.29 is 4.74 Å². The van der Waals surface area contributed by atoms with E-state index >= 15 is 0 Å². The lowest BCUT2D eigenvalue weighted by molar-refractivity contribution is 0.329. The average molecular weight is 207 g/mol. The van der Waals surface area contributed by atoms with E-state index in [2.05, 4.69) is 0 Å². The van der Waals surface area contributed by atoms with Crippen molar-refractivity contribution in [2.45, 2.75) is 6.42 Å². The van der Waals surface area contributed by atoms with E-state index in [0.29, 0.717) is 13.0 Å². The van der Waals surface area contributed by atoms with E-state index in [9.17, 15) is 0 Å². The molecule has 0 aliphatic heterocycles. The third-order valence-corrected chi connectivity index (χ3v) is 1.97. The minimum Gasteiger partial charge on any atom is -0.493 e. The number of nitrogens with zero attached hydrogens (tertiary/aromatic N) is 1. The van der Waals surface area contributed by atoms with Crippen LogP contribution in [0.3, 0.4) is 0 Å². The molecule has 1 aromatic carbocycles. The Morgan fingerprint density at radius 2 is 2.20 bits per heavy atom. The summed E-state index contributed by atoms with van der Waals surface area (Å²) >= 11 is 0. The highest BCUT2D eigenvalue weighted by molar-refractivity contribution is 5.76. The summed E-state index contributed by atoms with van der Waals surface area (Å²) < 4.78 is 5.46. The first kappa shape index (κ1) is 11.4. The van der Waals surface area contributed by atoms with Crippen LogP contribution in [0, 0.1) is 5.41 Å².